The molecule has 2 aliphatic rings. The van der Waals surface area contributed by atoms with Crippen molar-refractivity contribution < 1.29 is 14.3 Å². The summed E-state index contributed by atoms with van der Waals surface area (Å²) >= 11 is 0. The molecule has 0 saturated carbocycles. The summed E-state index contributed by atoms with van der Waals surface area (Å²) in [5, 5.41) is 0. The van der Waals surface area contributed by atoms with Crippen LogP contribution in [0.3, 0.4) is 0 Å². The van der Waals surface area contributed by atoms with Gasteiger partial charge in [-0.15, -0.1) is 0 Å². The monoisotopic (exact) mass is 407 g/mol. The number of likely N-dealkylation sites (N-methyl/N-ethyl adjacent to an activating group) is 1. The second-order valence-electron chi connectivity index (χ2n) is 8.07. The van der Waals surface area contributed by atoms with E-state index in [0.29, 0.717) is 34.8 Å². The van der Waals surface area contributed by atoms with Gasteiger partial charge in [0.05, 0.1) is 24.0 Å². The number of H-pyrrole nitrogens is 1. The number of benzene rings is 1. The zero-order valence-corrected chi connectivity index (χ0v) is 17.0. The van der Waals surface area contributed by atoms with E-state index >= 15 is 0 Å². The summed E-state index contributed by atoms with van der Waals surface area (Å²) < 4.78 is 12.0. The van der Waals surface area contributed by atoms with Crippen molar-refractivity contribution in [2.45, 2.75) is 31.8 Å². The fraction of sp³-hybridized carbons (Fsp3) is 0.409. The van der Waals surface area contributed by atoms with Crippen molar-refractivity contribution in [3.8, 4) is 22.8 Å². The molecule has 1 aromatic carbocycles. The number of primary amides is 1. The number of ether oxygens (including phenoxy) is 2. The van der Waals surface area contributed by atoms with Crippen LogP contribution < -0.4 is 15.2 Å². The Labute approximate surface area is 174 Å². The maximum absolute atomic E-state index is 12.3. The minimum Gasteiger partial charge on any atom is -0.488 e. The lowest BCUT2D eigenvalue weighted by Gasteiger charge is -2.30. The van der Waals surface area contributed by atoms with Gasteiger partial charge >= 0.3 is 0 Å². The third-order valence-electron chi connectivity index (χ3n) is 5.85. The molecule has 3 aromatic rings. The average Bonchev–Trinajstić information content (AvgIpc) is 3.22. The molecule has 8 heteroatoms. The number of aryl methyl sites for hydroxylation is 1. The van der Waals surface area contributed by atoms with Gasteiger partial charge in [0, 0.05) is 29.4 Å². The highest BCUT2D eigenvalue weighted by Gasteiger charge is 2.25. The van der Waals surface area contributed by atoms with E-state index in [1.165, 1.54) is 0 Å². The lowest BCUT2D eigenvalue weighted by molar-refractivity contribution is 0.0950. The smallest absolute Gasteiger partial charge is 0.254 e. The van der Waals surface area contributed by atoms with Crippen LogP contribution in [0.4, 0.5) is 0 Å². The number of carbonyl (C=O) groups excluding carboxylic acids is 1. The third-order valence-corrected chi connectivity index (χ3v) is 5.85. The molecular formula is C22H25N5O3. The molecule has 0 spiro atoms. The van der Waals surface area contributed by atoms with Crippen molar-refractivity contribution in [3.63, 3.8) is 0 Å². The number of imidazole rings is 1. The first-order chi connectivity index (χ1) is 14.6. The summed E-state index contributed by atoms with van der Waals surface area (Å²) in [5.41, 5.74) is 10.2. The molecule has 1 fully saturated rings. The van der Waals surface area contributed by atoms with Crippen LogP contribution in [0, 0.1) is 0 Å². The van der Waals surface area contributed by atoms with Crippen molar-refractivity contribution in [2.75, 3.05) is 26.7 Å². The van der Waals surface area contributed by atoms with Crippen LogP contribution in [0.15, 0.2) is 24.7 Å². The number of aromatic amines is 1. The molecule has 8 nitrogen and oxygen atoms in total. The van der Waals surface area contributed by atoms with Gasteiger partial charge in [0.2, 0.25) is 5.88 Å². The number of pyridine rings is 1. The number of nitrogens with one attached hydrogen (secondary N) is 1. The summed E-state index contributed by atoms with van der Waals surface area (Å²) in [7, 11) is 2.08. The minimum absolute atomic E-state index is 0.00475. The molecule has 1 saturated heterocycles. The van der Waals surface area contributed by atoms with Gasteiger partial charge in [0.1, 0.15) is 17.4 Å². The number of rotatable bonds is 4. The highest BCUT2D eigenvalue weighted by molar-refractivity contribution is 6.10. The fourth-order valence-electron chi connectivity index (χ4n) is 4.42. The molecule has 5 rings (SSSR count). The van der Waals surface area contributed by atoms with E-state index in [2.05, 4.69) is 33.0 Å². The Morgan fingerprint density at radius 3 is 3.07 bits per heavy atom. The van der Waals surface area contributed by atoms with Crippen LogP contribution in [0.1, 0.15) is 35.2 Å². The molecule has 4 heterocycles. The van der Waals surface area contributed by atoms with Crippen LogP contribution in [0.5, 0.6) is 11.6 Å². The zero-order valence-electron chi connectivity index (χ0n) is 17.0. The first-order valence-electron chi connectivity index (χ1n) is 10.4. The number of hydrogen-bond acceptors (Lipinski definition) is 6. The van der Waals surface area contributed by atoms with Gasteiger partial charge in [-0.05, 0) is 51.4 Å². The number of hydrogen-bond donors (Lipinski definition) is 2. The van der Waals surface area contributed by atoms with Crippen LogP contribution in [-0.2, 0) is 6.42 Å². The summed E-state index contributed by atoms with van der Waals surface area (Å²) in [4.78, 5) is 26.6. The molecule has 156 valence electrons. The summed E-state index contributed by atoms with van der Waals surface area (Å²) in [5.74, 6) is 0.647. The van der Waals surface area contributed by atoms with Crippen molar-refractivity contribution >= 4 is 16.9 Å². The molecule has 2 aromatic heterocycles. The van der Waals surface area contributed by atoms with Gasteiger partial charge in [-0.25, -0.2) is 9.97 Å². The first kappa shape index (κ1) is 18.9. The van der Waals surface area contributed by atoms with Gasteiger partial charge in [0.25, 0.3) is 5.91 Å². The molecular weight excluding hydrogens is 382 g/mol. The van der Waals surface area contributed by atoms with Crippen molar-refractivity contribution in [3.05, 3.63) is 35.8 Å². The van der Waals surface area contributed by atoms with Crippen LogP contribution in [-0.4, -0.2) is 58.6 Å². The van der Waals surface area contributed by atoms with E-state index in [9.17, 15) is 4.79 Å². The SMILES string of the molecule is CN1CCCC(Oc2cc(-c3cnc4c(c3)CCCO4)c3nc[nH]c3c2C(N)=O)C1. The summed E-state index contributed by atoms with van der Waals surface area (Å²) in [6, 6.07) is 3.97. The van der Waals surface area contributed by atoms with E-state index < -0.39 is 5.91 Å². The number of nitrogens with zero attached hydrogens (tertiary/aromatic N) is 3. The second kappa shape index (κ2) is 7.60. The summed E-state index contributed by atoms with van der Waals surface area (Å²) in [6.45, 7) is 2.56. The Hall–Kier alpha value is -3.13. The Morgan fingerprint density at radius 2 is 2.23 bits per heavy atom. The van der Waals surface area contributed by atoms with Crippen LogP contribution in [0.2, 0.25) is 0 Å². The highest BCUT2D eigenvalue weighted by Crippen LogP contribution is 2.37. The van der Waals surface area contributed by atoms with E-state index in [0.717, 1.165) is 55.5 Å². The lowest BCUT2D eigenvalue weighted by Crippen LogP contribution is -2.38. The minimum atomic E-state index is -0.535. The Kier molecular flexibility index (Phi) is 4.78. The number of carbonyl (C=O) groups is 1. The molecule has 0 bridgehead atoms. The molecule has 0 radical (unpaired) electrons. The van der Waals surface area contributed by atoms with Crippen LogP contribution in [0.25, 0.3) is 22.2 Å². The van der Waals surface area contributed by atoms with Gasteiger partial charge in [0.15, 0.2) is 0 Å². The largest absolute Gasteiger partial charge is 0.488 e. The predicted molar refractivity (Wildman–Crippen MR) is 113 cm³/mol. The molecule has 1 amide bonds. The standard InChI is InChI=1S/C22H25N5O3/c1-27-6-2-5-15(11-27)30-17-9-16(19-20(26-12-25-19)18(17)21(23)28)14-8-13-4-3-7-29-22(13)24-10-14/h8-10,12,15H,2-7,11H2,1H3,(H2,23,28)(H,25,26). The number of amides is 1. The lowest BCUT2D eigenvalue weighted by atomic mass is 9.98. The third kappa shape index (κ3) is 3.37. The topological polar surface area (TPSA) is 106 Å². The van der Waals surface area contributed by atoms with Gasteiger partial charge < -0.3 is 25.1 Å². The number of likely N-dealkylation sites (tertiary alicyclic amines) is 1. The Bertz CT molecular complexity index is 1110. The van der Waals surface area contributed by atoms with E-state index in [1.807, 2.05) is 6.07 Å². The quantitative estimate of drug-likeness (QED) is 0.688. The van der Waals surface area contributed by atoms with Gasteiger partial charge in [-0.1, -0.05) is 0 Å². The molecule has 1 atom stereocenters. The van der Waals surface area contributed by atoms with Crippen molar-refractivity contribution in [1.82, 2.24) is 19.9 Å². The molecule has 0 aliphatic carbocycles. The Balaban J connectivity index is 1.63. The highest BCUT2D eigenvalue weighted by atomic mass is 16.5. The van der Waals surface area contributed by atoms with Crippen molar-refractivity contribution in [2.24, 2.45) is 5.73 Å². The van der Waals surface area contributed by atoms with E-state index in [-0.39, 0.29) is 6.10 Å². The Morgan fingerprint density at radius 1 is 1.33 bits per heavy atom. The molecule has 1 unspecified atom stereocenters. The number of nitrogens with two attached hydrogens (primary N) is 1. The number of piperidine rings is 1. The predicted octanol–water partition coefficient (Wildman–Crippen LogP) is 2.52. The van der Waals surface area contributed by atoms with Gasteiger partial charge in [-0.2, -0.15) is 0 Å². The summed E-state index contributed by atoms with van der Waals surface area (Å²) in [6.07, 6.45) is 7.27. The molecule has 2 aliphatic heterocycles. The zero-order chi connectivity index (χ0) is 20.7. The van der Waals surface area contributed by atoms with Crippen LogP contribution >= 0.6 is 0 Å². The fourth-order valence-corrected chi connectivity index (χ4v) is 4.42. The molecule has 30 heavy (non-hydrogen) atoms. The number of fused-ring (bicyclic) bond motifs is 2. The second-order valence-corrected chi connectivity index (χ2v) is 8.07. The number of aromatic nitrogens is 3. The average molecular weight is 407 g/mol. The van der Waals surface area contributed by atoms with Gasteiger partial charge in [-0.3, -0.25) is 4.79 Å². The van der Waals surface area contributed by atoms with E-state index in [1.54, 1.807) is 12.5 Å². The first-order valence-corrected chi connectivity index (χ1v) is 10.4. The van der Waals surface area contributed by atoms with E-state index in [4.69, 9.17) is 15.2 Å². The maximum Gasteiger partial charge on any atom is 0.254 e. The molecule has 3 N–H and O–H groups in total. The normalized spacial score (nSPS) is 19.3. The maximum atomic E-state index is 12.3. The van der Waals surface area contributed by atoms with Crippen molar-refractivity contribution in [1.29, 1.82) is 0 Å².